The molecule has 0 spiro atoms. The van der Waals surface area contributed by atoms with Crippen LogP contribution in [0.3, 0.4) is 0 Å². The van der Waals surface area contributed by atoms with Crippen molar-refractivity contribution in [1.29, 1.82) is 0 Å². The van der Waals surface area contributed by atoms with Gasteiger partial charge in [0, 0.05) is 24.3 Å². The Morgan fingerprint density at radius 3 is 2.44 bits per heavy atom. The Kier molecular flexibility index (Phi) is 4.14. The number of hydrogen-bond acceptors (Lipinski definition) is 2. The summed E-state index contributed by atoms with van der Waals surface area (Å²) in [5, 5.41) is 7.96. The highest BCUT2D eigenvalue weighted by molar-refractivity contribution is 5.22. The molecule has 0 saturated carbocycles. The predicted molar refractivity (Wildman–Crippen MR) is 68.4 cm³/mol. The van der Waals surface area contributed by atoms with Gasteiger partial charge in [-0.25, -0.2) is 0 Å². The van der Waals surface area contributed by atoms with Crippen LogP contribution in [0.5, 0.6) is 0 Å². The standard InChI is InChI=1S/C13H25N3/c1-7-8-14-12(13(3,4)5)11-9-15-16(6)10(11)2/h9,12,14H,7-8H2,1-6H3. The zero-order chi connectivity index (χ0) is 12.3. The van der Waals surface area contributed by atoms with Crippen molar-refractivity contribution in [3.8, 4) is 0 Å². The molecule has 0 fully saturated rings. The van der Waals surface area contributed by atoms with Crippen molar-refractivity contribution < 1.29 is 0 Å². The lowest BCUT2D eigenvalue weighted by molar-refractivity contribution is 0.272. The smallest absolute Gasteiger partial charge is 0.0540 e. The zero-order valence-corrected chi connectivity index (χ0v) is 11.5. The molecule has 0 aliphatic rings. The third-order valence-corrected chi connectivity index (χ3v) is 3.05. The first-order valence-electron chi connectivity index (χ1n) is 6.09. The van der Waals surface area contributed by atoms with Gasteiger partial charge in [-0.1, -0.05) is 27.7 Å². The summed E-state index contributed by atoms with van der Waals surface area (Å²) in [4.78, 5) is 0. The van der Waals surface area contributed by atoms with E-state index in [1.807, 2.05) is 17.9 Å². The van der Waals surface area contributed by atoms with Crippen LogP contribution >= 0.6 is 0 Å². The van der Waals surface area contributed by atoms with Gasteiger partial charge in [-0.05, 0) is 25.3 Å². The van der Waals surface area contributed by atoms with Gasteiger partial charge < -0.3 is 5.32 Å². The van der Waals surface area contributed by atoms with Crippen LogP contribution in [0.25, 0.3) is 0 Å². The number of nitrogens with zero attached hydrogens (tertiary/aromatic N) is 2. The van der Waals surface area contributed by atoms with E-state index in [9.17, 15) is 0 Å². The van der Waals surface area contributed by atoms with E-state index in [4.69, 9.17) is 0 Å². The van der Waals surface area contributed by atoms with Crippen LogP contribution < -0.4 is 5.32 Å². The van der Waals surface area contributed by atoms with E-state index >= 15 is 0 Å². The molecule has 0 amide bonds. The van der Waals surface area contributed by atoms with Gasteiger partial charge in [0.15, 0.2) is 0 Å². The van der Waals surface area contributed by atoms with Crippen LogP contribution in [0.15, 0.2) is 6.20 Å². The summed E-state index contributed by atoms with van der Waals surface area (Å²) in [6, 6.07) is 0.376. The Morgan fingerprint density at radius 1 is 1.44 bits per heavy atom. The summed E-state index contributed by atoms with van der Waals surface area (Å²) in [5.74, 6) is 0. The molecule has 1 aromatic heterocycles. The zero-order valence-electron chi connectivity index (χ0n) is 11.5. The predicted octanol–water partition coefficient (Wildman–Crippen LogP) is 2.82. The van der Waals surface area contributed by atoms with Crippen LogP contribution in [0, 0.1) is 12.3 Å². The highest BCUT2D eigenvalue weighted by Crippen LogP contribution is 2.33. The minimum absolute atomic E-state index is 0.211. The summed E-state index contributed by atoms with van der Waals surface area (Å²) in [7, 11) is 2.00. The molecule has 0 radical (unpaired) electrons. The second-order valence-corrected chi connectivity index (χ2v) is 5.56. The first-order valence-corrected chi connectivity index (χ1v) is 6.09. The Labute approximate surface area is 99.2 Å². The number of aromatic nitrogens is 2. The average Bonchev–Trinajstić information content (AvgIpc) is 2.48. The first kappa shape index (κ1) is 13.2. The molecule has 3 nitrogen and oxygen atoms in total. The lowest BCUT2D eigenvalue weighted by atomic mass is 9.82. The van der Waals surface area contributed by atoms with Crippen molar-refractivity contribution >= 4 is 0 Å². The van der Waals surface area contributed by atoms with E-state index in [1.54, 1.807) is 0 Å². The summed E-state index contributed by atoms with van der Waals surface area (Å²) in [5.41, 5.74) is 2.79. The first-order chi connectivity index (χ1) is 7.38. The van der Waals surface area contributed by atoms with Crippen LogP contribution in [0.4, 0.5) is 0 Å². The van der Waals surface area contributed by atoms with E-state index in [-0.39, 0.29) is 5.41 Å². The maximum Gasteiger partial charge on any atom is 0.0540 e. The maximum atomic E-state index is 4.34. The molecule has 0 saturated heterocycles. The number of nitrogens with one attached hydrogen (secondary N) is 1. The van der Waals surface area contributed by atoms with Crippen LogP contribution in [-0.2, 0) is 7.05 Å². The topological polar surface area (TPSA) is 29.9 Å². The van der Waals surface area contributed by atoms with Gasteiger partial charge in [-0.2, -0.15) is 5.10 Å². The molecular formula is C13H25N3. The Morgan fingerprint density at radius 2 is 2.06 bits per heavy atom. The van der Waals surface area contributed by atoms with E-state index in [2.05, 4.69) is 45.0 Å². The number of hydrogen-bond donors (Lipinski definition) is 1. The van der Waals surface area contributed by atoms with Gasteiger partial charge >= 0.3 is 0 Å². The third-order valence-electron chi connectivity index (χ3n) is 3.05. The van der Waals surface area contributed by atoms with Crippen molar-refractivity contribution in [1.82, 2.24) is 15.1 Å². The molecule has 92 valence electrons. The van der Waals surface area contributed by atoms with Gasteiger partial charge in [0.25, 0.3) is 0 Å². The van der Waals surface area contributed by atoms with E-state index < -0.39 is 0 Å². The van der Waals surface area contributed by atoms with Crippen molar-refractivity contribution in [2.24, 2.45) is 12.5 Å². The fourth-order valence-corrected chi connectivity index (χ4v) is 1.97. The molecule has 0 aliphatic heterocycles. The van der Waals surface area contributed by atoms with Gasteiger partial charge in [0.05, 0.1) is 6.20 Å². The van der Waals surface area contributed by atoms with E-state index in [0.717, 1.165) is 13.0 Å². The SMILES string of the molecule is CCCNC(c1cnn(C)c1C)C(C)(C)C. The van der Waals surface area contributed by atoms with Crippen molar-refractivity contribution in [3.05, 3.63) is 17.5 Å². The van der Waals surface area contributed by atoms with Crippen molar-refractivity contribution in [3.63, 3.8) is 0 Å². The van der Waals surface area contributed by atoms with Crippen molar-refractivity contribution in [2.45, 2.75) is 47.1 Å². The molecule has 1 heterocycles. The van der Waals surface area contributed by atoms with Gasteiger partial charge in [0.2, 0.25) is 0 Å². The fourth-order valence-electron chi connectivity index (χ4n) is 1.97. The Balaban J connectivity index is 2.97. The van der Waals surface area contributed by atoms with Gasteiger partial charge in [-0.3, -0.25) is 4.68 Å². The molecule has 0 bridgehead atoms. The lowest BCUT2D eigenvalue weighted by Gasteiger charge is -2.31. The number of aryl methyl sites for hydroxylation is 1. The second-order valence-electron chi connectivity index (χ2n) is 5.56. The summed E-state index contributed by atoms with van der Waals surface area (Å²) in [6.07, 6.45) is 3.15. The highest BCUT2D eigenvalue weighted by atomic mass is 15.3. The molecular weight excluding hydrogens is 198 g/mol. The van der Waals surface area contributed by atoms with Gasteiger partial charge in [0.1, 0.15) is 0 Å². The average molecular weight is 223 g/mol. The third kappa shape index (κ3) is 2.85. The van der Waals surface area contributed by atoms with E-state index in [1.165, 1.54) is 11.3 Å². The normalized spacial score (nSPS) is 14.1. The molecule has 1 aromatic rings. The second kappa shape index (κ2) is 5.00. The molecule has 1 unspecified atom stereocenters. The fraction of sp³-hybridized carbons (Fsp3) is 0.769. The monoisotopic (exact) mass is 223 g/mol. The molecule has 1 rings (SSSR count). The lowest BCUT2D eigenvalue weighted by Crippen LogP contribution is -2.33. The number of rotatable bonds is 4. The van der Waals surface area contributed by atoms with Crippen molar-refractivity contribution in [2.75, 3.05) is 6.54 Å². The van der Waals surface area contributed by atoms with Crippen LogP contribution in [0.2, 0.25) is 0 Å². The molecule has 3 heteroatoms. The van der Waals surface area contributed by atoms with Crippen LogP contribution in [0.1, 0.15) is 51.4 Å². The summed E-state index contributed by atoms with van der Waals surface area (Å²) < 4.78 is 1.95. The largest absolute Gasteiger partial charge is 0.309 e. The molecule has 0 aliphatic carbocycles. The Bertz CT molecular complexity index is 333. The summed E-state index contributed by atoms with van der Waals surface area (Å²) in [6.45, 7) is 12.2. The molecule has 0 aromatic carbocycles. The molecule has 1 atom stereocenters. The van der Waals surface area contributed by atoms with Gasteiger partial charge in [-0.15, -0.1) is 0 Å². The Hall–Kier alpha value is -0.830. The van der Waals surface area contributed by atoms with Crippen LogP contribution in [-0.4, -0.2) is 16.3 Å². The minimum Gasteiger partial charge on any atom is -0.309 e. The quantitative estimate of drug-likeness (QED) is 0.850. The highest BCUT2D eigenvalue weighted by Gasteiger charge is 2.28. The molecule has 1 N–H and O–H groups in total. The maximum absolute atomic E-state index is 4.34. The molecule has 16 heavy (non-hydrogen) atoms. The van der Waals surface area contributed by atoms with E-state index in [0.29, 0.717) is 6.04 Å². The minimum atomic E-state index is 0.211. The summed E-state index contributed by atoms with van der Waals surface area (Å²) >= 11 is 0.